The fourth-order valence-corrected chi connectivity index (χ4v) is 4.09. The van der Waals surface area contributed by atoms with Gasteiger partial charge in [0.2, 0.25) is 0 Å². The third-order valence-electron chi connectivity index (χ3n) is 4.72. The SMILES string of the molecule is CC(C)Oc1cc(C(=O)NCc2nc3c([nH]2)c(=O)n(C)c(=O)n3C)cc2sccc12. The summed E-state index contributed by atoms with van der Waals surface area (Å²) in [6.07, 6.45) is -0.0174. The van der Waals surface area contributed by atoms with Crippen LogP contribution in [0, 0.1) is 0 Å². The normalized spacial score (nSPS) is 11.5. The van der Waals surface area contributed by atoms with Crippen molar-refractivity contribution in [2.45, 2.75) is 26.5 Å². The first-order valence-electron chi connectivity index (χ1n) is 9.37. The molecule has 9 nitrogen and oxygen atoms in total. The Kier molecular flexibility index (Phi) is 4.94. The fourth-order valence-electron chi connectivity index (χ4n) is 3.24. The predicted molar refractivity (Wildman–Crippen MR) is 115 cm³/mol. The summed E-state index contributed by atoms with van der Waals surface area (Å²) in [6.45, 7) is 3.95. The molecule has 0 aliphatic carbocycles. The molecule has 0 saturated carbocycles. The quantitative estimate of drug-likeness (QED) is 0.505. The fraction of sp³-hybridized carbons (Fsp3) is 0.300. The minimum Gasteiger partial charge on any atom is -0.490 e. The van der Waals surface area contributed by atoms with Crippen LogP contribution in [0.2, 0.25) is 0 Å². The second-order valence-electron chi connectivity index (χ2n) is 7.24. The summed E-state index contributed by atoms with van der Waals surface area (Å²) < 4.78 is 9.13. The standard InChI is InChI=1S/C20H21N5O4S/c1-10(2)29-13-7-11(8-14-12(13)5-6-30-14)18(26)21-9-15-22-16-17(23-15)24(3)20(28)25(4)19(16)27/h5-8,10H,9H2,1-4H3,(H,21,26)(H,22,23). The summed E-state index contributed by atoms with van der Waals surface area (Å²) in [5.41, 5.74) is 0.0183. The van der Waals surface area contributed by atoms with E-state index < -0.39 is 11.2 Å². The number of aromatic amines is 1. The lowest BCUT2D eigenvalue weighted by Gasteiger charge is -2.12. The van der Waals surface area contributed by atoms with E-state index >= 15 is 0 Å². The molecule has 0 bridgehead atoms. The van der Waals surface area contributed by atoms with Gasteiger partial charge < -0.3 is 15.0 Å². The number of aromatic nitrogens is 4. The molecule has 10 heteroatoms. The van der Waals surface area contributed by atoms with E-state index in [0.717, 1.165) is 14.7 Å². The maximum atomic E-state index is 12.8. The van der Waals surface area contributed by atoms with Crippen molar-refractivity contribution < 1.29 is 9.53 Å². The van der Waals surface area contributed by atoms with Crippen LogP contribution in [0.5, 0.6) is 5.75 Å². The zero-order chi connectivity index (χ0) is 21.6. The van der Waals surface area contributed by atoms with Gasteiger partial charge in [-0.1, -0.05) is 0 Å². The van der Waals surface area contributed by atoms with Crippen LogP contribution in [-0.4, -0.2) is 31.1 Å². The van der Waals surface area contributed by atoms with Crippen LogP contribution in [-0.2, 0) is 20.6 Å². The van der Waals surface area contributed by atoms with E-state index in [1.807, 2.05) is 31.4 Å². The first-order chi connectivity index (χ1) is 14.3. The Morgan fingerprint density at radius 2 is 2.03 bits per heavy atom. The van der Waals surface area contributed by atoms with E-state index in [0.29, 0.717) is 17.1 Å². The minimum atomic E-state index is -0.462. The van der Waals surface area contributed by atoms with Crippen LogP contribution in [0.4, 0.5) is 0 Å². The van der Waals surface area contributed by atoms with Crippen LogP contribution in [0.1, 0.15) is 30.0 Å². The number of hydrogen-bond donors (Lipinski definition) is 2. The average molecular weight is 427 g/mol. The number of ether oxygens (including phenoxy) is 1. The number of fused-ring (bicyclic) bond motifs is 2. The molecule has 30 heavy (non-hydrogen) atoms. The Labute approximate surface area is 174 Å². The van der Waals surface area contributed by atoms with Crippen LogP contribution >= 0.6 is 11.3 Å². The first-order valence-corrected chi connectivity index (χ1v) is 10.2. The van der Waals surface area contributed by atoms with E-state index in [-0.39, 0.29) is 29.7 Å². The number of hydrogen-bond acceptors (Lipinski definition) is 6. The third-order valence-corrected chi connectivity index (χ3v) is 5.58. The molecule has 0 fully saturated rings. The summed E-state index contributed by atoms with van der Waals surface area (Å²) in [7, 11) is 2.95. The number of benzene rings is 1. The number of nitrogens with zero attached hydrogens (tertiary/aromatic N) is 3. The molecule has 0 aliphatic heterocycles. The highest BCUT2D eigenvalue weighted by atomic mass is 32.1. The van der Waals surface area contributed by atoms with Crippen molar-refractivity contribution in [1.29, 1.82) is 0 Å². The number of aryl methyl sites for hydroxylation is 1. The number of nitrogens with one attached hydrogen (secondary N) is 2. The second kappa shape index (κ2) is 7.45. The van der Waals surface area contributed by atoms with Crippen LogP contribution in [0.3, 0.4) is 0 Å². The highest BCUT2D eigenvalue weighted by Gasteiger charge is 2.16. The summed E-state index contributed by atoms with van der Waals surface area (Å²) >= 11 is 1.54. The van der Waals surface area contributed by atoms with Crippen LogP contribution in [0.25, 0.3) is 21.3 Å². The molecule has 156 valence electrons. The number of H-pyrrole nitrogens is 1. The average Bonchev–Trinajstić information content (AvgIpc) is 3.35. The van der Waals surface area contributed by atoms with Gasteiger partial charge in [0, 0.05) is 29.7 Å². The number of rotatable bonds is 5. The van der Waals surface area contributed by atoms with Crippen LogP contribution < -0.4 is 21.3 Å². The Morgan fingerprint density at radius 3 is 2.77 bits per heavy atom. The number of amides is 1. The van der Waals surface area contributed by atoms with Crippen molar-refractivity contribution in [2.75, 3.05) is 0 Å². The van der Waals surface area contributed by atoms with Crippen molar-refractivity contribution >= 4 is 38.5 Å². The lowest BCUT2D eigenvalue weighted by molar-refractivity contribution is 0.0949. The predicted octanol–water partition coefficient (Wildman–Crippen LogP) is 1.89. The Balaban J connectivity index is 1.61. The largest absolute Gasteiger partial charge is 0.490 e. The molecule has 3 aromatic heterocycles. The molecule has 0 unspecified atom stereocenters. The van der Waals surface area contributed by atoms with Gasteiger partial charge in [0.25, 0.3) is 11.5 Å². The van der Waals surface area contributed by atoms with Crippen molar-refractivity contribution in [3.05, 3.63) is 55.8 Å². The van der Waals surface area contributed by atoms with Crippen LogP contribution in [0.15, 0.2) is 33.2 Å². The van der Waals surface area contributed by atoms with E-state index in [1.165, 1.54) is 23.0 Å². The van der Waals surface area contributed by atoms with Crippen molar-refractivity contribution in [3.63, 3.8) is 0 Å². The van der Waals surface area contributed by atoms with Gasteiger partial charge in [-0.2, -0.15) is 0 Å². The zero-order valence-corrected chi connectivity index (χ0v) is 17.8. The molecule has 0 saturated heterocycles. The maximum absolute atomic E-state index is 12.8. The molecule has 2 N–H and O–H groups in total. The maximum Gasteiger partial charge on any atom is 0.332 e. The van der Waals surface area contributed by atoms with Gasteiger partial charge in [0.05, 0.1) is 12.6 Å². The number of carbonyl (C=O) groups is 1. The molecule has 4 aromatic rings. The van der Waals surface area contributed by atoms with E-state index in [1.54, 1.807) is 13.1 Å². The molecule has 0 aliphatic rings. The number of thiophene rings is 1. The van der Waals surface area contributed by atoms with E-state index in [2.05, 4.69) is 15.3 Å². The minimum absolute atomic E-state index is 0.0174. The van der Waals surface area contributed by atoms with Crippen molar-refractivity contribution in [3.8, 4) is 5.75 Å². The molecule has 4 rings (SSSR count). The van der Waals surface area contributed by atoms with Gasteiger partial charge in [-0.15, -0.1) is 11.3 Å². The van der Waals surface area contributed by atoms with Crippen molar-refractivity contribution in [2.24, 2.45) is 14.1 Å². The van der Waals surface area contributed by atoms with Gasteiger partial charge in [0.1, 0.15) is 17.1 Å². The smallest absolute Gasteiger partial charge is 0.332 e. The number of imidazole rings is 1. The van der Waals surface area contributed by atoms with Gasteiger partial charge in [0.15, 0.2) is 5.65 Å². The molecular formula is C20H21N5O4S. The zero-order valence-electron chi connectivity index (χ0n) is 17.0. The highest BCUT2D eigenvalue weighted by Crippen LogP contribution is 2.32. The topological polar surface area (TPSA) is 111 Å². The Hall–Kier alpha value is -3.40. The highest BCUT2D eigenvalue weighted by molar-refractivity contribution is 7.17. The summed E-state index contributed by atoms with van der Waals surface area (Å²) in [5, 5.41) is 5.73. The van der Waals surface area contributed by atoms with Gasteiger partial charge in [-0.3, -0.25) is 18.7 Å². The molecular weight excluding hydrogens is 406 g/mol. The third kappa shape index (κ3) is 3.39. The second-order valence-corrected chi connectivity index (χ2v) is 8.19. The molecule has 0 atom stereocenters. The Bertz CT molecular complexity index is 1390. The molecule has 0 spiro atoms. The summed E-state index contributed by atoms with van der Waals surface area (Å²) in [4.78, 5) is 44.3. The lowest BCUT2D eigenvalue weighted by atomic mass is 10.1. The monoisotopic (exact) mass is 427 g/mol. The van der Waals surface area contributed by atoms with E-state index in [9.17, 15) is 14.4 Å². The van der Waals surface area contributed by atoms with Gasteiger partial charge in [-0.25, -0.2) is 9.78 Å². The molecule has 1 aromatic carbocycles. The number of carbonyl (C=O) groups excluding carboxylic acids is 1. The molecule has 0 radical (unpaired) electrons. The lowest BCUT2D eigenvalue weighted by Crippen LogP contribution is -2.36. The van der Waals surface area contributed by atoms with Gasteiger partial charge in [-0.05, 0) is 37.4 Å². The first kappa shape index (κ1) is 19.9. The Morgan fingerprint density at radius 1 is 1.27 bits per heavy atom. The summed E-state index contributed by atoms with van der Waals surface area (Å²) in [5.74, 6) is 0.754. The van der Waals surface area contributed by atoms with E-state index in [4.69, 9.17) is 4.74 Å². The molecule has 1 amide bonds. The van der Waals surface area contributed by atoms with Gasteiger partial charge >= 0.3 is 5.69 Å². The molecule has 3 heterocycles. The summed E-state index contributed by atoms with van der Waals surface area (Å²) in [6, 6.07) is 5.52. The van der Waals surface area contributed by atoms with Crippen molar-refractivity contribution in [1.82, 2.24) is 24.4 Å².